The molecule has 18 heavy (non-hydrogen) atoms. The van der Waals surface area contributed by atoms with E-state index in [9.17, 15) is 0 Å². The SMILES string of the molecule is C#Cc1nccc(C)c1B1OC(C)(C)C(C)(C)O1. The molecule has 2 rings (SSSR count). The molecule has 2 heterocycles. The second-order valence-corrected chi connectivity index (χ2v) is 5.62. The van der Waals surface area contributed by atoms with Crippen molar-refractivity contribution in [2.45, 2.75) is 45.8 Å². The van der Waals surface area contributed by atoms with Crippen molar-refractivity contribution < 1.29 is 9.31 Å². The lowest BCUT2D eigenvalue weighted by Gasteiger charge is -2.32. The van der Waals surface area contributed by atoms with E-state index in [1.54, 1.807) is 6.20 Å². The van der Waals surface area contributed by atoms with Crippen LogP contribution in [0.15, 0.2) is 12.3 Å². The molecule has 1 aromatic heterocycles. The van der Waals surface area contributed by atoms with Gasteiger partial charge < -0.3 is 9.31 Å². The van der Waals surface area contributed by atoms with E-state index in [1.165, 1.54) is 0 Å². The summed E-state index contributed by atoms with van der Waals surface area (Å²) in [5, 5.41) is 0. The first-order valence-corrected chi connectivity index (χ1v) is 6.06. The summed E-state index contributed by atoms with van der Waals surface area (Å²) in [4.78, 5) is 4.20. The monoisotopic (exact) mass is 243 g/mol. The lowest BCUT2D eigenvalue weighted by molar-refractivity contribution is 0.00578. The molecule has 1 aromatic rings. The minimum absolute atomic E-state index is 0.369. The van der Waals surface area contributed by atoms with Crippen molar-refractivity contribution in [2.75, 3.05) is 0 Å². The van der Waals surface area contributed by atoms with Crippen LogP contribution in [0.25, 0.3) is 0 Å². The summed E-state index contributed by atoms with van der Waals surface area (Å²) >= 11 is 0. The molecule has 0 aromatic carbocycles. The molecule has 1 aliphatic rings. The molecular formula is C14H18BNO2. The number of terminal acetylenes is 1. The lowest BCUT2D eigenvalue weighted by atomic mass is 9.75. The van der Waals surface area contributed by atoms with Gasteiger partial charge in [-0.1, -0.05) is 5.92 Å². The molecule has 0 spiro atoms. The molecule has 94 valence electrons. The van der Waals surface area contributed by atoms with Crippen molar-refractivity contribution in [3.63, 3.8) is 0 Å². The van der Waals surface area contributed by atoms with Crippen LogP contribution in [0, 0.1) is 19.3 Å². The van der Waals surface area contributed by atoms with Crippen LogP contribution in [0.2, 0.25) is 0 Å². The summed E-state index contributed by atoms with van der Waals surface area (Å²) in [7, 11) is -0.449. The summed E-state index contributed by atoms with van der Waals surface area (Å²) in [5.41, 5.74) is 1.75. The molecule has 1 saturated heterocycles. The Hall–Kier alpha value is -1.31. The number of aryl methyl sites for hydroxylation is 1. The van der Waals surface area contributed by atoms with Crippen LogP contribution in [0.4, 0.5) is 0 Å². The third-order valence-electron chi connectivity index (χ3n) is 3.83. The Morgan fingerprint density at radius 1 is 1.22 bits per heavy atom. The van der Waals surface area contributed by atoms with E-state index in [4.69, 9.17) is 15.7 Å². The molecule has 3 nitrogen and oxygen atoms in total. The van der Waals surface area contributed by atoms with E-state index in [0.29, 0.717) is 5.69 Å². The largest absolute Gasteiger partial charge is 0.498 e. The van der Waals surface area contributed by atoms with Gasteiger partial charge in [0.05, 0.1) is 11.2 Å². The maximum Gasteiger partial charge on any atom is 0.498 e. The van der Waals surface area contributed by atoms with E-state index in [-0.39, 0.29) is 11.2 Å². The Balaban J connectivity index is 2.45. The summed E-state index contributed by atoms with van der Waals surface area (Å²) in [5.74, 6) is 2.60. The Kier molecular flexibility index (Phi) is 3.00. The van der Waals surface area contributed by atoms with Crippen molar-refractivity contribution in [1.82, 2.24) is 4.98 Å². The molecule has 0 amide bonds. The second-order valence-electron chi connectivity index (χ2n) is 5.62. The number of rotatable bonds is 1. The van der Waals surface area contributed by atoms with E-state index >= 15 is 0 Å². The predicted molar refractivity (Wildman–Crippen MR) is 72.6 cm³/mol. The van der Waals surface area contributed by atoms with Gasteiger partial charge in [0.25, 0.3) is 0 Å². The third kappa shape index (κ3) is 1.94. The van der Waals surface area contributed by atoms with Crippen LogP contribution in [0.5, 0.6) is 0 Å². The van der Waals surface area contributed by atoms with E-state index in [1.807, 2.05) is 40.7 Å². The zero-order valence-corrected chi connectivity index (χ0v) is 11.6. The fourth-order valence-corrected chi connectivity index (χ4v) is 1.94. The van der Waals surface area contributed by atoms with Crippen LogP contribution in [-0.4, -0.2) is 23.3 Å². The average molecular weight is 243 g/mol. The molecule has 0 unspecified atom stereocenters. The maximum absolute atomic E-state index is 6.02. The summed E-state index contributed by atoms with van der Waals surface area (Å²) in [6.07, 6.45) is 7.21. The molecule has 0 radical (unpaired) electrons. The van der Waals surface area contributed by atoms with Gasteiger partial charge in [-0.3, -0.25) is 0 Å². The first kappa shape index (κ1) is 13.1. The minimum atomic E-state index is -0.449. The molecule has 0 aliphatic carbocycles. The number of hydrogen-bond donors (Lipinski definition) is 0. The van der Waals surface area contributed by atoms with Crippen LogP contribution >= 0.6 is 0 Å². The number of aromatic nitrogens is 1. The highest BCUT2D eigenvalue weighted by Gasteiger charge is 2.52. The van der Waals surface area contributed by atoms with E-state index < -0.39 is 7.12 Å². The highest BCUT2D eigenvalue weighted by molar-refractivity contribution is 6.63. The van der Waals surface area contributed by atoms with E-state index in [0.717, 1.165) is 11.0 Å². The second kappa shape index (κ2) is 4.12. The standard InChI is InChI=1S/C14H18BNO2/c1-7-11-12(10(2)8-9-16-11)15-17-13(3,4)14(5,6)18-15/h1,8-9H,2-6H3. The Labute approximate surface area is 109 Å². The molecule has 1 aliphatic heterocycles. The van der Waals surface area contributed by atoms with Crippen LogP contribution < -0.4 is 5.46 Å². The van der Waals surface area contributed by atoms with Gasteiger partial charge >= 0.3 is 7.12 Å². The van der Waals surface area contributed by atoms with Crippen LogP contribution in [-0.2, 0) is 9.31 Å². The minimum Gasteiger partial charge on any atom is -0.399 e. The molecule has 0 bridgehead atoms. The topological polar surface area (TPSA) is 31.4 Å². The van der Waals surface area contributed by atoms with Gasteiger partial charge in [-0.25, -0.2) is 4.98 Å². The zero-order valence-electron chi connectivity index (χ0n) is 11.6. The molecule has 0 atom stereocenters. The molecular weight excluding hydrogens is 225 g/mol. The smallest absolute Gasteiger partial charge is 0.399 e. The Morgan fingerprint density at radius 3 is 2.28 bits per heavy atom. The first-order valence-electron chi connectivity index (χ1n) is 6.06. The Bertz CT molecular complexity index is 501. The van der Waals surface area contributed by atoms with Crippen molar-refractivity contribution in [3.05, 3.63) is 23.5 Å². The van der Waals surface area contributed by atoms with Gasteiger partial charge in [0.2, 0.25) is 0 Å². The average Bonchev–Trinajstić information content (AvgIpc) is 2.47. The number of pyridine rings is 1. The first-order chi connectivity index (χ1) is 8.28. The summed E-state index contributed by atoms with van der Waals surface area (Å²) in [6, 6.07) is 1.92. The van der Waals surface area contributed by atoms with Crippen molar-refractivity contribution in [3.8, 4) is 12.3 Å². The van der Waals surface area contributed by atoms with Gasteiger partial charge in [0.1, 0.15) is 5.69 Å². The fourth-order valence-electron chi connectivity index (χ4n) is 1.94. The van der Waals surface area contributed by atoms with E-state index in [2.05, 4.69) is 10.9 Å². The summed E-state index contributed by atoms with van der Waals surface area (Å²) < 4.78 is 12.0. The lowest BCUT2D eigenvalue weighted by Crippen LogP contribution is -2.41. The third-order valence-corrected chi connectivity index (χ3v) is 3.83. The Morgan fingerprint density at radius 2 is 1.78 bits per heavy atom. The van der Waals surface area contributed by atoms with Gasteiger partial charge in [0, 0.05) is 11.7 Å². The van der Waals surface area contributed by atoms with Gasteiger partial charge in [-0.15, -0.1) is 6.42 Å². The van der Waals surface area contributed by atoms with Gasteiger partial charge in [-0.05, 0) is 46.2 Å². The normalized spacial score (nSPS) is 20.8. The van der Waals surface area contributed by atoms with Gasteiger partial charge in [-0.2, -0.15) is 0 Å². The molecule has 1 fully saturated rings. The van der Waals surface area contributed by atoms with Gasteiger partial charge in [0.15, 0.2) is 0 Å². The molecule has 4 heteroatoms. The quantitative estimate of drug-likeness (QED) is 0.555. The number of hydrogen-bond acceptors (Lipinski definition) is 3. The molecule has 0 N–H and O–H groups in total. The van der Waals surface area contributed by atoms with Crippen LogP contribution in [0.1, 0.15) is 39.0 Å². The zero-order chi connectivity index (χ0) is 13.6. The maximum atomic E-state index is 6.02. The van der Waals surface area contributed by atoms with Crippen molar-refractivity contribution in [1.29, 1.82) is 0 Å². The highest BCUT2D eigenvalue weighted by Crippen LogP contribution is 2.36. The fraction of sp³-hybridized carbons (Fsp3) is 0.500. The van der Waals surface area contributed by atoms with Crippen LogP contribution in [0.3, 0.4) is 0 Å². The highest BCUT2D eigenvalue weighted by atomic mass is 16.7. The summed E-state index contributed by atoms with van der Waals surface area (Å²) in [6.45, 7) is 10.1. The van der Waals surface area contributed by atoms with Crippen molar-refractivity contribution >= 4 is 12.6 Å². The van der Waals surface area contributed by atoms with Crippen molar-refractivity contribution in [2.24, 2.45) is 0 Å². The molecule has 0 saturated carbocycles. The number of nitrogens with zero attached hydrogens (tertiary/aromatic N) is 1. The predicted octanol–water partition coefficient (Wildman–Crippen LogP) is 1.67.